The van der Waals surface area contributed by atoms with E-state index in [0.29, 0.717) is 5.92 Å². The second kappa shape index (κ2) is 10.6. The molecule has 22 heavy (non-hydrogen) atoms. The molecule has 132 valence electrons. The smallest absolute Gasteiger partial charge is 0.0570 e. The zero-order chi connectivity index (χ0) is 16.5. The van der Waals surface area contributed by atoms with E-state index in [0.717, 1.165) is 37.0 Å². The molecule has 0 amide bonds. The van der Waals surface area contributed by atoms with E-state index in [1.807, 2.05) is 0 Å². The Morgan fingerprint density at radius 3 is 2.00 bits per heavy atom. The Labute approximate surface area is 138 Å². The fourth-order valence-corrected chi connectivity index (χ4v) is 4.47. The molecular weight excluding hydrogens is 272 g/mol. The molecule has 2 N–H and O–H groups in total. The summed E-state index contributed by atoms with van der Waals surface area (Å²) in [4.78, 5) is 0. The molecule has 0 aromatic carbocycles. The van der Waals surface area contributed by atoms with Crippen LogP contribution in [0.3, 0.4) is 0 Å². The van der Waals surface area contributed by atoms with Gasteiger partial charge in [-0.15, -0.1) is 0 Å². The highest BCUT2D eigenvalue weighted by atomic mass is 16.3. The molecule has 2 aliphatic rings. The summed E-state index contributed by atoms with van der Waals surface area (Å²) in [6, 6.07) is 0. The standard InChI is InChI=1S/2C10H20O/c1-3-4-9-5-8(2)6-10(11)7-9;1-3-4-9-6-5-8(2)7-10(9)11/h2*8-11H,3-7H2,1-2H3. The highest BCUT2D eigenvalue weighted by Gasteiger charge is 2.26. The molecule has 2 saturated carbocycles. The fraction of sp³-hybridized carbons (Fsp3) is 1.00. The van der Waals surface area contributed by atoms with Crippen LogP contribution in [0.4, 0.5) is 0 Å². The molecule has 2 heteroatoms. The van der Waals surface area contributed by atoms with Gasteiger partial charge in [-0.3, -0.25) is 0 Å². The number of hydrogen-bond donors (Lipinski definition) is 2. The lowest BCUT2D eigenvalue weighted by Crippen LogP contribution is -2.28. The summed E-state index contributed by atoms with van der Waals surface area (Å²) in [5.41, 5.74) is 0. The van der Waals surface area contributed by atoms with Gasteiger partial charge >= 0.3 is 0 Å². The Morgan fingerprint density at radius 1 is 0.773 bits per heavy atom. The Balaban J connectivity index is 0.000000220. The van der Waals surface area contributed by atoms with Crippen molar-refractivity contribution in [1.29, 1.82) is 0 Å². The minimum absolute atomic E-state index is 0.00120. The van der Waals surface area contributed by atoms with Crippen LogP contribution >= 0.6 is 0 Å². The van der Waals surface area contributed by atoms with Gasteiger partial charge in [0.1, 0.15) is 0 Å². The van der Waals surface area contributed by atoms with Crippen molar-refractivity contribution in [2.24, 2.45) is 23.7 Å². The first-order chi connectivity index (χ1) is 10.5. The highest BCUT2D eigenvalue weighted by molar-refractivity contribution is 4.77. The first-order valence-corrected chi connectivity index (χ1v) is 9.82. The van der Waals surface area contributed by atoms with Gasteiger partial charge in [-0.1, -0.05) is 53.4 Å². The molecule has 0 bridgehead atoms. The second-order valence-corrected chi connectivity index (χ2v) is 8.16. The average molecular weight is 313 g/mol. The summed E-state index contributed by atoms with van der Waals surface area (Å²) < 4.78 is 0. The molecule has 0 saturated heterocycles. The maximum absolute atomic E-state index is 9.67. The Kier molecular flexibility index (Phi) is 9.66. The van der Waals surface area contributed by atoms with Crippen LogP contribution in [0.2, 0.25) is 0 Å². The van der Waals surface area contributed by atoms with Crippen LogP contribution in [0.25, 0.3) is 0 Å². The summed E-state index contributed by atoms with van der Waals surface area (Å²) in [6.45, 7) is 8.92. The quantitative estimate of drug-likeness (QED) is 0.752. The number of rotatable bonds is 4. The van der Waals surface area contributed by atoms with Gasteiger partial charge in [0.05, 0.1) is 12.2 Å². The molecule has 0 heterocycles. The third kappa shape index (κ3) is 7.46. The molecule has 6 unspecified atom stereocenters. The van der Waals surface area contributed by atoms with Crippen molar-refractivity contribution >= 4 is 0 Å². The third-order valence-electron chi connectivity index (χ3n) is 5.59. The van der Waals surface area contributed by atoms with Gasteiger partial charge in [-0.2, -0.15) is 0 Å². The van der Waals surface area contributed by atoms with Crippen LogP contribution < -0.4 is 0 Å². The van der Waals surface area contributed by atoms with E-state index in [1.165, 1.54) is 44.9 Å². The van der Waals surface area contributed by atoms with Crippen molar-refractivity contribution < 1.29 is 10.2 Å². The van der Waals surface area contributed by atoms with Crippen LogP contribution in [0.15, 0.2) is 0 Å². The average Bonchev–Trinajstić information content (AvgIpc) is 2.42. The van der Waals surface area contributed by atoms with Crippen LogP contribution in [-0.2, 0) is 0 Å². The molecule has 0 spiro atoms. The Hall–Kier alpha value is -0.0800. The van der Waals surface area contributed by atoms with Crippen molar-refractivity contribution in [2.75, 3.05) is 0 Å². The molecule has 2 aliphatic carbocycles. The van der Waals surface area contributed by atoms with Gasteiger partial charge in [0.2, 0.25) is 0 Å². The van der Waals surface area contributed by atoms with E-state index in [9.17, 15) is 10.2 Å². The normalized spacial score (nSPS) is 39.0. The summed E-state index contributed by atoms with van der Waals surface area (Å²) in [5, 5.41) is 19.1. The highest BCUT2D eigenvalue weighted by Crippen LogP contribution is 2.32. The fourth-order valence-electron chi connectivity index (χ4n) is 4.47. The first kappa shape index (κ1) is 20.0. The Morgan fingerprint density at radius 2 is 1.45 bits per heavy atom. The van der Waals surface area contributed by atoms with Gasteiger partial charge in [0, 0.05) is 0 Å². The lowest BCUT2D eigenvalue weighted by Gasteiger charge is -2.31. The number of hydrogen-bond acceptors (Lipinski definition) is 2. The predicted molar refractivity (Wildman–Crippen MR) is 94.8 cm³/mol. The zero-order valence-electron chi connectivity index (χ0n) is 15.4. The predicted octanol–water partition coefficient (Wildman–Crippen LogP) is 5.17. The van der Waals surface area contributed by atoms with E-state index in [4.69, 9.17) is 0 Å². The lowest BCUT2D eigenvalue weighted by atomic mass is 9.79. The summed E-state index contributed by atoms with van der Waals surface area (Å²) in [6.07, 6.45) is 12.0. The van der Waals surface area contributed by atoms with Crippen LogP contribution in [0, 0.1) is 23.7 Å². The molecule has 2 rings (SSSR count). The Bertz CT molecular complexity index is 269. The monoisotopic (exact) mass is 312 g/mol. The molecule has 0 aliphatic heterocycles. The van der Waals surface area contributed by atoms with E-state index < -0.39 is 0 Å². The summed E-state index contributed by atoms with van der Waals surface area (Å²) in [5.74, 6) is 2.91. The van der Waals surface area contributed by atoms with Gasteiger partial charge in [0.25, 0.3) is 0 Å². The SMILES string of the molecule is CCCC1CC(C)CC(O)C1.CCCC1CCC(C)CC1O. The van der Waals surface area contributed by atoms with Crippen molar-refractivity contribution in [3.8, 4) is 0 Å². The maximum Gasteiger partial charge on any atom is 0.0570 e. The van der Waals surface area contributed by atoms with Crippen molar-refractivity contribution in [3.05, 3.63) is 0 Å². The minimum Gasteiger partial charge on any atom is -0.393 e. The van der Waals surface area contributed by atoms with Crippen LogP contribution in [0.5, 0.6) is 0 Å². The maximum atomic E-state index is 9.67. The van der Waals surface area contributed by atoms with Crippen LogP contribution in [-0.4, -0.2) is 22.4 Å². The van der Waals surface area contributed by atoms with Gasteiger partial charge < -0.3 is 10.2 Å². The van der Waals surface area contributed by atoms with E-state index >= 15 is 0 Å². The van der Waals surface area contributed by atoms with E-state index in [2.05, 4.69) is 27.7 Å². The van der Waals surface area contributed by atoms with E-state index in [1.54, 1.807) is 0 Å². The topological polar surface area (TPSA) is 40.5 Å². The van der Waals surface area contributed by atoms with Gasteiger partial charge in [0.15, 0.2) is 0 Å². The number of aliphatic hydroxyl groups is 2. The molecule has 2 nitrogen and oxygen atoms in total. The van der Waals surface area contributed by atoms with Crippen LogP contribution in [0.1, 0.15) is 91.9 Å². The van der Waals surface area contributed by atoms with Gasteiger partial charge in [-0.05, 0) is 62.2 Å². The van der Waals surface area contributed by atoms with Crippen molar-refractivity contribution in [2.45, 2.75) is 104 Å². The van der Waals surface area contributed by atoms with Crippen molar-refractivity contribution in [1.82, 2.24) is 0 Å². The third-order valence-corrected chi connectivity index (χ3v) is 5.59. The molecule has 0 radical (unpaired) electrons. The number of aliphatic hydroxyl groups excluding tert-OH is 2. The largest absolute Gasteiger partial charge is 0.393 e. The summed E-state index contributed by atoms with van der Waals surface area (Å²) >= 11 is 0. The second-order valence-electron chi connectivity index (χ2n) is 8.16. The van der Waals surface area contributed by atoms with Gasteiger partial charge in [-0.25, -0.2) is 0 Å². The first-order valence-electron chi connectivity index (χ1n) is 9.82. The molecular formula is C20H40O2. The summed E-state index contributed by atoms with van der Waals surface area (Å²) in [7, 11) is 0. The molecule has 0 aromatic rings. The van der Waals surface area contributed by atoms with E-state index in [-0.39, 0.29) is 12.2 Å². The molecule has 2 fully saturated rings. The molecule has 6 atom stereocenters. The van der Waals surface area contributed by atoms with Crippen molar-refractivity contribution in [3.63, 3.8) is 0 Å². The lowest BCUT2D eigenvalue weighted by molar-refractivity contribution is 0.0444. The molecule has 0 aromatic heterocycles. The zero-order valence-corrected chi connectivity index (χ0v) is 15.4. The minimum atomic E-state index is -0.00435.